The molecule has 0 aliphatic carbocycles. The van der Waals surface area contributed by atoms with Crippen LogP contribution in [0.25, 0.3) is 10.9 Å². The van der Waals surface area contributed by atoms with E-state index in [9.17, 15) is 9.59 Å². The molecular formula is C15H12N2O4. The number of aromatic nitrogens is 2. The Bertz CT molecular complexity index is 894. The monoisotopic (exact) mass is 284 g/mol. The molecule has 2 heterocycles. The van der Waals surface area contributed by atoms with Crippen molar-refractivity contribution in [2.75, 3.05) is 7.11 Å². The summed E-state index contributed by atoms with van der Waals surface area (Å²) in [5, 5.41) is 0.283. The van der Waals surface area contributed by atoms with Gasteiger partial charge in [0.1, 0.15) is 11.1 Å². The van der Waals surface area contributed by atoms with Gasteiger partial charge < -0.3 is 9.15 Å². The van der Waals surface area contributed by atoms with Gasteiger partial charge in [0, 0.05) is 12.4 Å². The highest BCUT2D eigenvalue weighted by Gasteiger charge is 2.09. The molecule has 0 bridgehead atoms. The Labute approximate surface area is 119 Å². The number of fused-ring (bicyclic) bond motifs is 1. The lowest BCUT2D eigenvalue weighted by molar-refractivity contribution is 0.414. The molecule has 106 valence electrons. The number of hydrogen-bond acceptors (Lipinski definition) is 5. The predicted octanol–water partition coefficient (Wildman–Crippen LogP) is 1.41. The lowest BCUT2D eigenvalue weighted by Crippen LogP contribution is -2.25. The van der Waals surface area contributed by atoms with E-state index in [1.54, 1.807) is 13.2 Å². The fraction of sp³-hybridized carbons (Fsp3) is 0.133. The summed E-state index contributed by atoms with van der Waals surface area (Å²) >= 11 is 0. The number of methoxy groups -OCH3 is 1. The zero-order valence-electron chi connectivity index (χ0n) is 11.3. The molecule has 3 rings (SSSR count). The summed E-state index contributed by atoms with van der Waals surface area (Å²) in [5.74, 6) is 0.0502. The minimum atomic E-state index is -0.686. The standard InChI is InChI=1S/C15H12N2O4/c1-20-11-4-2-10(3-5-11)9-17-13-6-7-16-8-12(13)14(18)21-15(17)19/h2-8H,9H2,1H3. The van der Waals surface area contributed by atoms with Crippen molar-refractivity contribution in [3.63, 3.8) is 0 Å². The van der Waals surface area contributed by atoms with Crippen molar-refractivity contribution in [1.82, 2.24) is 9.55 Å². The minimum Gasteiger partial charge on any atom is -0.497 e. The highest BCUT2D eigenvalue weighted by Crippen LogP contribution is 2.13. The molecular weight excluding hydrogens is 272 g/mol. The first-order valence-electron chi connectivity index (χ1n) is 6.29. The van der Waals surface area contributed by atoms with Gasteiger partial charge in [-0.2, -0.15) is 0 Å². The van der Waals surface area contributed by atoms with Crippen molar-refractivity contribution >= 4 is 10.9 Å². The Morgan fingerprint density at radius 1 is 1.19 bits per heavy atom. The number of benzene rings is 1. The molecule has 0 unspecified atom stereocenters. The van der Waals surface area contributed by atoms with E-state index in [-0.39, 0.29) is 5.39 Å². The maximum Gasteiger partial charge on any atom is 0.422 e. The summed E-state index contributed by atoms with van der Waals surface area (Å²) < 4.78 is 11.2. The Morgan fingerprint density at radius 2 is 1.95 bits per heavy atom. The average molecular weight is 284 g/mol. The highest BCUT2D eigenvalue weighted by molar-refractivity contribution is 5.76. The van der Waals surface area contributed by atoms with Gasteiger partial charge in [0.05, 0.1) is 19.2 Å². The molecule has 0 N–H and O–H groups in total. The second kappa shape index (κ2) is 5.24. The van der Waals surface area contributed by atoms with Crippen molar-refractivity contribution in [2.45, 2.75) is 6.54 Å². The second-order valence-electron chi connectivity index (χ2n) is 4.48. The van der Waals surface area contributed by atoms with Gasteiger partial charge in [-0.25, -0.2) is 9.59 Å². The Morgan fingerprint density at radius 3 is 2.67 bits per heavy atom. The molecule has 0 saturated heterocycles. The molecule has 0 amide bonds. The first-order valence-corrected chi connectivity index (χ1v) is 6.29. The van der Waals surface area contributed by atoms with E-state index in [1.165, 1.54) is 17.0 Å². The normalized spacial score (nSPS) is 10.7. The highest BCUT2D eigenvalue weighted by atomic mass is 16.5. The summed E-state index contributed by atoms with van der Waals surface area (Å²) in [6, 6.07) is 8.94. The molecule has 2 aromatic heterocycles. The Balaban J connectivity index is 2.11. The van der Waals surface area contributed by atoms with Crippen molar-refractivity contribution in [2.24, 2.45) is 0 Å². The van der Waals surface area contributed by atoms with Gasteiger partial charge in [-0.05, 0) is 23.8 Å². The van der Waals surface area contributed by atoms with Crippen LogP contribution in [-0.4, -0.2) is 16.7 Å². The van der Waals surface area contributed by atoms with Crippen LogP contribution < -0.4 is 16.1 Å². The van der Waals surface area contributed by atoms with Crippen LogP contribution in [0.2, 0.25) is 0 Å². The van der Waals surface area contributed by atoms with Crippen molar-refractivity contribution in [3.8, 4) is 5.75 Å². The molecule has 3 aromatic rings. The lowest BCUT2D eigenvalue weighted by Gasteiger charge is -2.08. The van der Waals surface area contributed by atoms with Crippen molar-refractivity contribution < 1.29 is 9.15 Å². The molecule has 0 aliphatic heterocycles. The van der Waals surface area contributed by atoms with E-state index in [0.717, 1.165) is 11.3 Å². The van der Waals surface area contributed by atoms with Crippen LogP contribution in [0.1, 0.15) is 5.56 Å². The summed E-state index contributed by atoms with van der Waals surface area (Å²) in [7, 11) is 1.59. The third-order valence-corrected chi connectivity index (χ3v) is 3.21. The quantitative estimate of drug-likeness (QED) is 0.727. The van der Waals surface area contributed by atoms with Crippen LogP contribution in [0.5, 0.6) is 5.75 Å². The molecule has 0 radical (unpaired) electrons. The van der Waals surface area contributed by atoms with Gasteiger partial charge >= 0.3 is 11.4 Å². The molecule has 21 heavy (non-hydrogen) atoms. The van der Waals surface area contributed by atoms with Crippen molar-refractivity contribution in [1.29, 1.82) is 0 Å². The Kier molecular flexibility index (Phi) is 3.27. The van der Waals surface area contributed by atoms with Crippen LogP contribution in [0.4, 0.5) is 0 Å². The second-order valence-corrected chi connectivity index (χ2v) is 4.48. The summed E-state index contributed by atoms with van der Waals surface area (Å²) in [5.41, 5.74) is 0.723. The van der Waals surface area contributed by atoms with Crippen LogP contribution in [0.3, 0.4) is 0 Å². The predicted molar refractivity (Wildman–Crippen MR) is 76.6 cm³/mol. The van der Waals surface area contributed by atoms with Crippen LogP contribution in [-0.2, 0) is 6.54 Å². The van der Waals surface area contributed by atoms with E-state index in [4.69, 9.17) is 9.15 Å². The molecule has 0 aliphatic rings. The largest absolute Gasteiger partial charge is 0.497 e. The van der Waals surface area contributed by atoms with E-state index in [0.29, 0.717) is 12.1 Å². The smallest absolute Gasteiger partial charge is 0.422 e. The van der Waals surface area contributed by atoms with E-state index in [1.807, 2.05) is 24.3 Å². The molecule has 1 aromatic carbocycles. The third-order valence-electron chi connectivity index (χ3n) is 3.21. The molecule has 0 saturated carbocycles. The van der Waals surface area contributed by atoms with Gasteiger partial charge in [0.2, 0.25) is 0 Å². The first kappa shape index (κ1) is 13.1. The fourth-order valence-corrected chi connectivity index (χ4v) is 2.13. The summed E-state index contributed by atoms with van der Waals surface area (Å²) in [6.07, 6.45) is 2.93. The molecule has 0 atom stereocenters. The zero-order valence-corrected chi connectivity index (χ0v) is 11.3. The van der Waals surface area contributed by atoms with Gasteiger partial charge in [-0.1, -0.05) is 12.1 Å². The maximum atomic E-state index is 11.9. The molecule has 0 spiro atoms. The molecule has 0 fully saturated rings. The molecule has 6 heteroatoms. The van der Waals surface area contributed by atoms with Gasteiger partial charge in [0.25, 0.3) is 0 Å². The number of nitrogens with zero attached hydrogens (tertiary/aromatic N) is 2. The Hall–Kier alpha value is -2.89. The van der Waals surface area contributed by atoms with Crippen LogP contribution in [0, 0.1) is 0 Å². The summed E-state index contributed by atoms with van der Waals surface area (Å²) in [4.78, 5) is 27.5. The summed E-state index contributed by atoms with van der Waals surface area (Å²) in [6.45, 7) is 0.299. The zero-order chi connectivity index (χ0) is 14.8. The number of hydrogen-bond donors (Lipinski definition) is 0. The first-order chi connectivity index (χ1) is 10.2. The van der Waals surface area contributed by atoms with Gasteiger partial charge in [-0.3, -0.25) is 9.55 Å². The topological polar surface area (TPSA) is 74.3 Å². The number of ether oxygens (including phenoxy) is 1. The molecule has 6 nitrogen and oxygen atoms in total. The third kappa shape index (κ3) is 2.43. The maximum absolute atomic E-state index is 11.9. The van der Waals surface area contributed by atoms with Gasteiger partial charge in [-0.15, -0.1) is 0 Å². The lowest BCUT2D eigenvalue weighted by atomic mass is 10.2. The minimum absolute atomic E-state index is 0.283. The SMILES string of the molecule is COc1ccc(Cn2c(=O)oc(=O)c3cnccc32)cc1. The van der Waals surface area contributed by atoms with E-state index >= 15 is 0 Å². The van der Waals surface area contributed by atoms with Crippen LogP contribution in [0.15, 0.2) is 56.7 Å². The van der Waals surface area contributed by atoms with E-state index < -0.39 is 11.4 Å². The number of pyridine rings is 1. The number of rotatable bonds is 3. The average Bonchev–Trinajstić information content (AvgIpc) is 2.52. The van der Waals surface area contributed by atoms with Crippen LogP contribution >= 0.6 is 0 Å². The van der Waals surface area contributed by atoms with Gasteiger partial charge in [0.15, 0.2) is 0 Å². The van der Waals surface area contributed by atoms with Crippen molar-refractivity contribution in [3.05, 3.63) is 69.3 Å². The van der Waals surface area contributed by atoms with E-state index in [2.05, 4.69) is 4.98 Å². The fourth-order valence-electron chi connectivity index (χ4n) is 2.13.